The molecule has 128 valence electrons. The number of fused-ring (bicyclic) bond motifs is 1. The Bertz CT molecular complexity index is 866. The van der Waals surface area contributed by atoms with Crippen molar-refractivity contribution >= 4 is 34.8 Å². The van der Waals surface area contributed by atoms with Gasteiger partial charge in [-0.05, 0) is 35.9 Å². The van der Waals surface area contributed by atoms with E-state index < -0.39 is 11.7 Å². The van der Waals surface area contributed by atoms with E-state index in [1.165, 1.54) is 25.1 Å². The number of rotatable bonds is 3. The van der Waals surface area contributed by atoms with E-state index in [4.69, 9.17) is 0 Å². The molecule has 3 amide bonds. The van der Waals surface area contributed by atoms with Crippen LogP contribution < -0.4 is 16.0 Å². The van der Waals surface area contributed by atoms with Crippen molar-refractivity contribution < 1.29 is 18.8 Å². The van der Waals surface area contributed by atoms with Crippen LogP contribution in [-0.4, -0.2) is 17.7 Å². The SMILES string of the molecule is CC(=O)Nc1cccc(NC(=O)[C@H]2CC(=O)Nc3cc(F)ccc32)c1. The molecule has 25 heavy (non-hydrogen) atoms. The van der Waals surface area contributed by atoms with Gasteiger partial charge in [0, 0.05) is 30.4 Å². The fourth-order valence-corrected chi connectivity index (χ4v) is 2.78. The molecule has 3 N–H and O–H groups in total. The second-order valence-corrected chi connectivity index (χ2v) is 5.79. The first-order chi connectivity index (χ1) is 11.9. The highest BCUT2D eigenvalue weighted by Crippen LogP contribution is 2.33. The van der Waals surface area contributed by atoms with Crippen LogP contribution in [0.15, 0.2) is 42.5 Å². The van der Waals surface area contributed by atoms with Gasteiger partial charge >= 0.3 is 0 Å². The molecule has 0 saturated heterocycles. The standard InChI is InChI=1S/C18H16FN3O3/c1-10(23)20-12-3-2-4-13(8-12)21-18(25)15-9-17(24)22-16-7-11(19)5-6-14(15)16/h2-8,15H,9H2,1H3,(H,20,23)(H,21,25)(H,22,24)/t15-/m0/s1. The number of nitrogens with one attached hydrogen (secondary N) is 3. The smallest absolute Gasteiger partial charge is 0.232 e. The van der Waals surface area contributed by atoms with E-state index >= 15 is 0 Å². The first kappa shape index (κ1) is 16.6. The lowest BCUT2D eigenvalue weighted by Crippen LogP contribution is -2.30. The minimum absolute atomic E-state index is 0.0180. The highest BCUT2D eigenvalue weighted by molar-refractivity contribution is 6.05. The van der Waals surface area contributed by atoms with Gasteiger partial charge < -0.3 is 16.0 Å². The van der Waals surface area contributed by atoms with E-state index in [2.05, 4.69) is 16.0 Å². The summed E-state index contributed by atoms with van der Waals surface area (Å²) in [6.45, 7) is 1.39. The van der Waals surface area contributed by atoms with Crippen LogP contribution in [0.25, 0.3) is 0 Å². The summed E-state index contributed by atoms with van der Waals surface area (Å²) in [7, 11) is 0. The Balaban J connectivity index is 1.82. The quantitative estimate of drug-likeness (QED) is 0.802. The lowest BCUT2D eigenvalue weighted by Gasteiger charge is -2.25. The van der Waals surface area contributed by atoms with E-state index in [0.717, 1.165) is 0 Å². The third kappa shape index (κ3) is 3.82. The van der Waals surface area contributed by atoms with Crippen LogP contribution in [0.5, 0.6) is 0 Å². The van der Waals surface area contributed by atoms with Gasteiger partial charge in [0.2, 0.25) is 17.7 Å². The molecular formula is C18H16FN3O3. The maximum absolute atomic E-state index is 13.4. The molecule has 0 spiro atoms. The Kier molecular flexibility index (Phi) is 4.47. The minimum atomic E-state index is -0.714. The molecular weight excluding hydrogens is 325 g/mol. The van der Waals surface area contributed by atoms with Crippen molar-refractivity contribution in [2.45, 2.75) is 19.3 Å². The van der Waals surface area contributed by atoms with E-state index in [1.807, 2.05) is 0 Å². The molecule has 0 bridgehead atoms. The number of hydrogen-bond acceptors (Lipinski definition) is 3. The normalized spacial score (nSPS) is 15.8. The number of amides is 3. The molecule has 0 aliphatic carbocycles. The van der Waals surface area contributed by atoms with Crippen molar-refractivity contribution in [3.05, 3.63) is 53.8 Å². The van der Waals surface area contributed by atoms with Gasteiger partial charge in [-0.2, -0.15) is 0 Å². The maximum Gasteiger partial charge on any atom is 0.232 e. The van der Waals surface area contributed by atoms with Gasteiger partial charge in [0.1, 0.15) is 5.82 Å². The lowest BCUT2D eigenvalue weighted by atomic mass is 9.89. The molecule has 6 nitrogen and oxygen atoms in total. The van der Waals surface area contributed by atoms with Crippen LogP contribution in [-0.2, 0) is 14.4 Å². The fraction of sp³-hybridized carbons (Fsp3) is 0.167. The molecule has 1 heterocycles. The van der Waals surface area contributed by atoms with Crippen LogP contribution >= 0.6 is 0 Å². The summed E-state index contributed by atoms with van der Waals surface area (Å²) < 4.78 is 13.4. The Morgan fingerprint density at radius 1 is 1.12 bits per heavy atom. The number of halogens is 1. The molecule has 2 aromatic carbocycles. The van der Waals surface area contributed by atoms with Crippen LogP contribution in [0.1, 0.15) is 24.8 Å². The number of carbonyl (C=O) groups is 3. The molecule has 7 heteroatoms. The van der Waals surface area contributed by atoms with Gasteiger partial charge in [0.05, 0.1) is 5.92 Å². The van der Waals surface area contributed by atoms with Gasteiger partial charge in [0.15, 0.2) is 0 Å². The molecule has 0 radical (unpaired) electrons. The van der Waals surface area contributed by atoms with Crippen molar-refractivity contribution in [3.63, 3.8) is 0 Å². The highest BCUT2D eigenvalue weighted by atomic mass is 19.1. The van der Waals surface area contributed by atoms with Crippen molar-refractivity contribution in [1.29, 1.82) is 0 Å². The number of carbonyl (C=O) groups excluding carboxylic acids is 3. The zero-order valence-corrected chi connectivity index (χ0v) is 13.4. The van der Waals surface area contributed by atoms with Crippen LogP contribution in [0.2, 0.25) is 0 Å². The summed E-state index contributed by atoms with van der Waals surface area (Å²) in [5.74, 6) is -2.13. The molecule has 0 saturated carbocycles. The van der Waals surface area contributed by atoms with Crippen molar-refractivity contribution in [2.24, 2.45) is 0 Å². The molecule has 3 rings (SSSR count). The van der Waals surface area contributed by atoms with Crippen LogP contribution in [0.4, 0.5) is 21.5 Å². The number of anilines is 3. The molecule has 1 aliphatic rings. The van der Waals surface area contributed by atoms with Gasteiger partial charge in [-0.1, -0.05) is 12.1 Å². The Morgan fingerprint density at radius 2 is 1.84 bits per heavy atom. The minimum Gasteiger partial charge on any atom is -0.326 e. The van der Waals surface area contributed by atoms with Crippen molar-refractivity contribution in [2.75, 3.05) is 16.0 Å². The summed E-state index contributed by atoms with van der Waals surface area (Å²) in [6.07, 6.45) is -0.0180. The Hall–Kier alpha value is -3.22. The van der Waals surface area contributed by atoms with E-state index in [1.54, 1.807) is 24.3 Å². The van der Waals surface area contributed by atoms with E-state index in [9.17, 15) is 18.8 Å². The number of benzene rings is 2. The average Bonchev–Trinajstić information content (AvgIpc) is 2.53. The molecule has 2 aromatic rings. The second-order valence-electron chi connectivity index (χ2n) is 5.79. The largest absolute Gasteiger partial charge is 0.326 e. The Morgan fingerprint density at radius 3 is 2.56 bits per heavy atom. The summed E-state index contributed by atoms with van der Waals surface area (Å²) >= 11 is 0. The summed E-state index contributed by atoms with van der Waals surface area (Å²) in [6, 6.07) is 10.6. The van der Waals surface area contributed by atoms with Gasteiger partial charge in [-0.3, -0.25) is 14.4 Å². The van der Waals surface area contributed by atoms with Crippen LogP contribution in [0, 0.1) is 5.82 Å². The van der Waals surface area contributed by atoms with Crippen LogP contribution in [0.3, 0.4) is 0 Å². The highest BCUT2D eigenvalue weighted by Gasteiger charge is 2.31. The number of hydrogen-bond donors (Lipinski definition) is 3. The average molecular weight is 341 g/mol. The molecule has 1 aliphatic heterocycles. The first-order valence-electron chi connectivity index (χ1n) is 7.70. The van der Waals surface area contributed by atoms with E-state index in [0.29, 0.717) is 22.6 Å². The molecule has 0 fully saturated rings. The van der Waals surface area contributed by atoms with Crippen molar-refractivity contribution in [3.8, 4) is 0 Å². The van der Waals surface area contributed by atoms with Crippen molar-refractivity contribution in [1.82, 2.24) is 0 Å². The predicted octanol–water partition coefficient (Wildman–Crippen LogP) is 2.85. The van der Waals surface area contributed by atoms with Gasteiger partial charge in [0.25, 0.3) is 0 Å². The predicted molar refractivity (Wildman–Crippen MR) is 91.8 cm³/mol. The van der Waals surface area contributed by atoms with E-state index in [-0.39, 0.29) is 24.1 Å². The molecule has 1 atom stereocenters. The molecule has 0 unspecified atom stereocenters. The Labute approximate surface area is 143 Å². The summed E-state index contributed by atoms with van der Waals surface area (Å²) in [5, 5.41) is 7.94. The lowest BCUT2D eigenvalue weighted by molar-refractivity contribution is -0.123. The monoisotopic (exact) mass is 341 g/mol. The molecule has 0 aromatic heterocycles. The first-order valence-corrected chi connectivity index (χ1v) is 7.70. The third-order valence-electron chi connectivity index (χ3n) is 3.82. The maximum atomic E-state index is 13.4. The van der Waals surface area contributed by atoms with Gasteiger partial charge in [-0.25, -0.2) is 4.39 Å². The zero-order valence-electron chi connectivity index (χ0n) is 13.4. The summed E-state index contributed by atoms with van der Waals surface area (Å²) in [5.41, 5.74) is 1.92. The topological polar surface area (TPSA) is 87.3 Å². The summed E-state index contributed by atoms with van der Waals surface area (Å²) in [4.78, 5) is 35.6. The fourth-order valence-electron chi connectivity index (χ4n) is 2.78. The zero-order chi connectivity index (χ0) is 18.0. The second kappa shape index (κ2) is 6.72. The van der Waals surface area contributed by atoms with Gasteiger partial charge in [-0.15, -0.1) is 0 Å². The third-order valence-corrected chi connectivity index (χ3v) is 3.82.